The maximum atomic E-state index is 13.0. The average Bonchev–Trinajstić information content (AvgIpc) is 3.38. The number of nitrogens with zero attached hydrogens (tertiary/aromatic N) is 1. The van der Waals surface area contributed by atoms with Crippen LogP contribution in [0.25, 0.3) is 0 Å². The molecule has 2 N–H and O–H groups in total. The van der Waals surface area contributed by atoms with Crippen molar-refractivity contribution in [1.29, 1.82) is 0 Å². The molecule has 76 heavy (non-hydrogen) atoms. The largest absolute Gasteiger partial charge is 0.756 e. The number of carbonyl (C=O) groups is 1. The molecule has 0 heterocycles. The molecular formula is C67H121N2O6P. The van der Waals surface area contributed by atoms with Crippen molar-refractivity contribution in [1.82, 2.24) is 5.32 Å². The third-order valence-electron chi connectivity index (χ3n) is 13.8. The summed E-state index contributed by atoms with van der Waals surface area (Å²) < 4.78 is 23.4. The molecule has 0 saturated carbocycles. The van der Waals surface area contributed by atoms with Crippen molar-refractivity contribution >= 4 is 13.7 Å². The van der Waals surface area contributed by atoms with E-state index in [1.165, 1.54) is 173 Å². The smallest absolute Gasteiger partial charge is 0.268 e. The van der Waals surface area contributed by atoms with Crippen molar-refractivity contribution in [3.05, 3.63) is 97.2 Å². The summed E-state index contributed by atoms with van der Waals surface area (Å²) in [5.74, 6) is -0.256. The van der Waals surface area contributed by atoms with E-state index in [9.17, 15) is 19.4 Å². The second-order valence-corrected chi connectivity index (χ2v) is 23.8. The standard InChI is InChI=1S/C67H121N2O6P/c1-6-8-10-12-14-16-18-20-22-24-26-28-30-31-32-33-34-35-36-37-39-40-42-44-46-48-50-52-54-56-58-60-66(70)65(64-75-76(72,73)74-63-62-69(3,4)5)68-67(71)61-59-57-55-53-51-49-47-45-43-41-38-29-27-25-23-21-19-17-15-13-11-9-7-2/h9,11,15,17,21,23,27,29,41,43,47,49,53,55,58,60,65-66,70H,6-8,10,12-14,16,18-20,22,24-26,28,30-40,42,44-46,48,50-52,54,56-57,59,61-64H2,1-5H3,(H-,68,71,72,73)/b11-9-,17-15-,23-21-,29-27-,43-41-,49-47-,55-53-,60-58+. The average molecular weight is 1080 g/mol. The molecule has 1 amide bonds. The first-order valence-corrected chi connectivity index (χ1v) is 33.1. The number of unbranched alkanes of at least 4 members (excludes halogenated alkanes) is 30. The topological polar surface area (TPSA) is 108 Å². The highest BCUT2D eigenvalue weighted by atomic mass is 31.2. The van der Waals surface area contributed by atoms with Crippen LogP contribution in [0.5, 0.6) is 0 Å². The number of carbonyl (C=O) groups excluding carboxylic acids is 1. The van der Waals surface area contributed by atoms with Crippen molar-refractivity contribution in [2.75, 3.05) is 40.9 Å². The SMILES string of the molecule is CC/C=C\C/C=C\C/C=C\C/C=C\C/C=C\C/C=C\C/C=C\CCCC(=O)NC(COP(=O)([O-])OCC[N+](C)(C)C)C(O)/C=C/CCCCCCCCCCCCCCCCCCCCCCCCCCCCCCC. The van der Waals surface area contributed by atoms with Gasteiger partial charge in [-0.1, -0.05) is 291 Å². The Morgan fingerprint density at radius 2 is 0.803 bits per heavy atom. The fourth-order valence-electron chi connectivity index (χ4n) is 8.91. The molecule has 440 valence electrons. The molecule has 3 atom stereocenters. The van der Waals surface area contributed by atoms with Gasteiger partial charge < -0.3 is 28.8 Å². The Morgan fingerprint density at radius 3 is 1.16 bits per heavy atom. The molecule has 0 aromatic heterocycles. The highest BCUT2D eigenvalue weighted by Gasteiger charge is 2.23. The van der Waals surface area contributed by atoms with Crippen molar-refractivity contribution in [2.24, 2.45) is 0 Å². The molecule has 0 aromatic carbocycles. The summed E-state index contributed by atoms with van der Waals surface area (Å²) in [6.07, 6.45) is 82.3. The Bertz CT molecular complexity index is 1560. The van der Waals surface area contributed by atoms with Crippen molar-refractivity contribution in [3.8, 4) is 0 Å². The minimum absolute atomic E-state index is 0.0168. The molecule has 0 saturated heterocycles. The second-order valence-electron chi connectivity index (χ2n) is 22.4. The third kappa shape index (κ3) is 59.1. The summed E-state index contributed by atoms with van der Waals surface area (Å²) in [6.45, 7) is 4.51. The van der Waals surface area contributed by atoms with Crippen molar-refractivity contribution in [2.45, 2.75) is 283 Å². The highest BCUT2D eigenvalue weighted by molar-refractivity contribution is 7.45. The van der Waals surface area contributed by atoms with Gasteiger partial charge in [0, 0.05) is 6.42 Å². The minimum Gasteiger partial charge on any atom is -0.756 e. The van der Waals surface area contributed by atoms with Gasteiger partial charge in [-0.2, -0.15) is 0 Å². The molecule has 0 radical (unpaired) electrons. The number of aliphatic hydroxyl groups excluding tert-OH is 1. The number of allylic oxidation sites excluding steroid dienone is 15. The predicted molar refractivity (Wildman–Crippen MR) is 329 cm³/mol. The quantitative estimate of drug-likeness (QED) is 0.0272. The Morgan fingerprint density at radius 1 is 0.474 bits per heavy atom. The summed E-state index contributed by atoms with van der Waals surface area (Å²) in [4.78, 5) is 25.5. The Hall–Kier alpha value is -2.58. The molecule has 0 aromatic rings. The Kier molecular flexibility index (Phi) is 55.2. The van der Waals surface area contributed by atoms with Crippen LogP contribution >= 0.6 is 7.82 Å². The first-order chi connectivity index (χ1) is 37.0. The van der Waals surface area contributed by atoms with Crippen LogP contribution < -0.4 is 10.2 Å². The van der Waals surface area contributed by atoms with Gasteiger partial charge in [0.25, 0.3) is 7.82 Å². The zero-order valence-corrected chi connectivity index (χ0v) is 51.1. The maximum absolute atomic E-state index is 13.0. The summed E-state index contributed by atoms with van der Waals surface area (Å²) >= 11 is 0. The lowest BCUT2D eigenvalue weighted by Crippen LogP contribution is -2.45. The van der Waals surface area contributed by atoms with E-state index in [-0.39, 0.29) is 18.9 Å². The first kappa shape index (κ1) is 73.4. The van der Waals surface area contributed by atoms with Crippen molar-refractivity contribution < 1.29 is 32.9 Å². The highest BCUT2D eigenvalue weighted by Crippen LogP contribution is 2.38. The minimum atomic E-state index is -4.62. The van der Waals surface area contributed by atoms with Crippen LogP contribution in [-0.2, 0) is 18.4 Å². The summed E-state index contributed by atoms with van der Waals surface area (Å²) in [6, 6.07) is -0.926. The van der Waals surface area contributed by atoms with E-state index < -0.39 is 26.6 Å². The van der Waals surface area contributed by atoms with E-state index in [4.69, 9.17) is 9.05 Å². The fraction of sp³-hybridized carbons (Fsp3) is 0.746. The van der Waals surface area contributed by atoms with E-state index in [1.807, 2.05) is 27.2 Å². The fourth-order valence-corrected chi connectivity index (χ4v) is 9.63. The number of rotatable bonds is 57. The van der Waals surface area contributed by atoms with Gasteiger partial charge in [-0.3, -0.25) is 9.36 Å². The summed E-state index contributed by atoms with van der Waals surface area (Å²) in [7, 11) is 1.22. The van der Waals surface area contributed by atoms with E-state index in [0.717, 1.165) is 70.6 Å². The monoisotopic (exact) mass is 1080 g/mol. The zero-order valence-electron chi connectivity index (χ0n) is 50.2. The lowest BCUT2D eigenvalue weighted by molar-refractivity contribution is -0.870. The molecule has 0 aliphatic heterocycles. The molecule has 0 spiro atoms. The maximum Gasteiger partial charge on any atom is 0.268 e. The number of phosphoric acid groups is 1. The predicted octanol–water partition coefficient (Wildman–Crippen LogP) is 19.1. The van der Waals surface area contributed by atoms with Crippen LogP contribution in [0.2, 0.25) is 0 Å². The van der Waals surface area contributed by atoms with Gasteiger partial charge in [-0.05, 0) is 70.6 Å². The van der Waals surface area contributed by atoms with Crippen LogP contribution in [0.3, 0.4) is 0 Å². The number of phosphoric ester groups is 1. The van der Waals surface area contributed by atoms with Gasteiger partial charge in [-0.15, -0.1) is 0 Å². The van der Waals surface area contributed by atoms with E-state index in [2.05, 4.69) is 104 Å². The number of hydrogen-bond donors (Lipinski definition) is 2. The molecule has 0 rings (SSSR count). The third-order valence-corrected chi connectivity index (χ3v) is 14.8. The number of likely N-dealkylation sites (N-methyl/N-ethyl adjacent to an activating group) is 1. The second kappa shape index (κ2) is 57.1. The number of amides is 1. The van der Waals surface area contributed by atoms with Crippen LogP contribution in [0.1, 0.15) is 271 Å². The van der Waals surface area contributed by atoms with Crippen molar-refractivity contribution in [3.63, 3.8) is 0 Å². The van der Waals surface area contributed by atoms with Gasteiger partial charge in [0.2, 0.25) is 5.91 Å². The number of hydrogen-bond acceptors (Lipinski definition) is 6. The van der Waals surface area contributed by atoms with Gasteiger partial charge in [0.1, 0.15) is 13.2 Å². The van der Waals surface area contributed by atoms with Crippen LogP contribution in [0.15, 0.2) is 97.2 Å². The van der Waals surface area contributed by atoms with Gasteiger partial charge >= 0.3 is 0 Å². The molecule has 0 fully saturated rings. The lowest BCUT2D eigenvalue weighted by atomic mass is 10.0. The number of aliphatic hydroxyl groups is 1. The van der Waals surface area contributed by atoms with Gasteiger partial charge in [-0.25, -0.2) is 0 Å². The molecule has 0 aliphatic carbocycles. The molecular weight excluding hydrogens is 960 g/mol. The van der Waals surface area contributed by atoms with E-state index in [1.54, 1.807) is 6.08 Å². The Balaban J connectivity index is 4.22. The summed E-state index contributed by atoms with van der Waals surface area (Å²) in [5.41, 5.74) is 0. The number of nitrogens with one attached hydrogen (secondary N) is 1. The lowest BCUT2D eigenvalue weighted by Gasteiger charge is -2.29. The van der Waals surface area contributed by atoms with Crippen LogP contribution in [0.4, 0.5) is 0 Å². The Labute approximate surface area is 470 Å². The van der Waals surface area contributed by atoms with Gasteiger partial charge in [0.15, 0.2) is 0 Å². The van der Waals surface area contributed by atoms with E-state index in [0.29, 0.717) is 17.4 Å². The first-order valence-electron chi connectivity index (χ1n) is 31.6. The van der Waals surface area contributed by atoms with Crippen LogP contribution in [0, 0.1) is 0 Å². The molecule has 0 bridgehead atoms. The van der Waals surface area contributed by atoms with E-state index >= 15 is 0 Å². The molecule has 8 nitrogen and oxygen atoms in total. The van der Waals surface area contributed by atoms with Gasteiger partial charge in [0.05, 0.1) is 39.9 Å². The summed E-state index contributed by atoms with van der Waals surface area (Å²) in [5, 5.41) is 13.9. The van der Waals surface area contributed by atoms with Crippen LogP contribution in [-0.4, -0.2) is 68.5 Å². The molecule has 3 unspecified atom stereocenters. The molecule has 0 aliphatic rings. The molecule has 9 heteroatoms. The number of quaternary nitrogens is 1. The normalized spacial score (nSPS) is 14.5. The zero-order chi connectivity index (χ0) is 55.6.